The van der Waals surface area contributed by atoms with Crippen LogP contribution in [0.4, 0.5) is 5.69 Å². The molecule has 20 heavy (non-hydrogen) atoms. The number of piperidine rings is 1. The maximum Gasteiger partial charge on any atom is 0.0715 e. The summed E-state index contributed by atoms with van der Waals surface area (Å²) in [6.07, 6.45) is 1.85. The molecule has 0 radical (unpaired) electrons. The van der Waals surface area contributed by atoms with Crippen molar-refractivity contribution in [1.29, 1.82) is 0 Å². The molecular weight excluding hydrogens is 248 g/mol. The molecule has 112 valence electrons. The number of benzene rings is 1. The van der Waals surface area contributed by atoms with Crippen molar-refractivity contribution in [3.05, 3.63) is 29.3 Å². The predicted molar refractivity (Wildman–Crippen MR) is 85.2 cm³/mol. The fourth-order valence-corrected chi connectivity index (χ4v) is 2.86. The van der Waals surface area contributed by atoms with Gasteiger partial charge in [0.15, 0.2) is 0 Å². The van der Waals surface area contributed by atoms with E-state index in [1.807, 2.05) is 0 Å². The molecule has 1 aromatic rings. The van der Waals surface area contributed by atoms with E-state index in [0.717, 1.165) is 39.0 Å². The van der Waals surface area contributed by atoms with Crippen molar-refractivity contribution in [1.82, 2.24) is 5.32 Å². The molecule has 0 amide bonds. The van der Waals surface area contributed by atoms with Gasteiger partial charge in [-0.25, -0.2) is 0 Å². The Morgan fingerprint density at radius 3 is 2.85 bits per heavy atom. The Kier molecular flexibility index (Phi) is 5.44. The predicted octanol–water partition coefficient (Wildman–Crippen LogP) is 2.70. The van der Waals surface area contributed by atoms with Crippen LogP contribution < -0.4 is 10.2 Å². The van der Waals surface area contributed by atoms with E-state index in [1.165, 1.54) is 16.8 Å². The molecular formula is C17H28N2O. The largest absolute Gasteiger partial charge is 0.391 e. The van der Waals surface area contributed by atoms with Crippen molar-refractivity contribution in [2.45, 2.75) is 46.3 Å². The summed E-state index contributed by atoms with van der Waals surface area (Å²) >= 11 is 0. The molecule has 3 nitrogen and oxygen atoms in total. The molecule has 0 bridgehead atoms. The minimum absolute atomic E-state index is 0.171. The standard InChI is InChI=1S/C17H28N2O/c1-13(2)10-18-11-15-6-7-17(14(3)9-15)19-8-4-5-16(20)12-19/h6-7,9,13,16,18,20H,4-5,8,10-12H2,1-3H3. The Morgan fingerprint density at radius 2 is 2.20 bits per heavy atom. The molecule has 2 rings (SSSR count). The highest BCUT2D eigenvalue weighted by molar-refractivity contribution is 5.54. The number of aliphatic hydroxyl groups excluding tert-OH is 1. The van der Waals surface area contributed by atoms with Gasteiger partial charge in [-0.1, -0.05) is 26.0 Å². The highest BCUT2D eigenvalue weighted by atomic mass is 16.3. The first-order valence-electron chi connectivity index (χ1n) is 7.79. The van der Waals surface area contributed by atoms with Gasteiger partial charge < -0.3 is 15.3 Å². The van der Waals surface area contributed by atoms with Crippen LogP contribution in [0.15, 0.2) is 18.2 Å². The van der Waals surface area contributed by atoms with E-state index in [1.54, 1.807) is 0 Å². The van der Waals surface area contributed by atoms with Gasteiger partial charge in [0.2, 0.25) is 0 Å². The first-order chi connectivity index (χ1) is 9.56. The number of aryl methyl sites for hydroxylation is 1. The van der Waals surface area contributed by atoms with Gasteiger partial charge in [-0.2, -0.15) is 0 Å². The summed E-state index contributed by atoms with van der Waals surface area (Å²) in [5.41, 5.74) is 3.92. The number of nitrogens with zero attached hydrogens (tertiary/aromatic N) is 1. The van der Waals surface area contributed by atoms with E-state index >= 15 is 0 Å². The average Bonchev–Trinajstić information content (AvgIpc) is 2.38. The van der Waals surface area contributed by atoms with Gasteiger partial charge >= 0.3 is 0 Å². The summed E-state index contributed by atoms with van der Waals surface area (Å²) in [6, 6.07) is 6.68. The van der Waals surface area contributed by atoms with Crippen LogP contribution in [0.1, 0.15) is 37.8 Å². The number of rotatable bonds is 5. The van der Waals surface area contributed by atoms with Gasteiger partial charge in [0.25, 0.3) is 0 Å². The number of hydrogen-bond acceptors (Lipinski definition) is 3. The molecule has 1 fully saturated rings. The highest BCUT2D eigenvalue weighted by Crippen LogP contribution is 2.24. The van der Waals surface area contributed by atoms with Gasteiger partial charge in [0.1, 0.15) is 0 Å². The maximum absolute atomic E-state index is 9.80. The van der Waals surface area contributed by atoms with E-state index in [9.17, 15) is 5.11 Å². The monoisotopic (exact) mass is 276 g/mol. The zero-order valence-electron chi connectivity index (χ0n) is 13.0. The Hall–Kier alpha value is -1.06. The molecule has 1 aliphatic rings. The molecule has 1 saturated heterocycles. The van der Waals surface area contributed by atoms with Gasteiger partial charge in [-0.05, 0) is 49.4 Å². The molecule has 3 heteroatoms. The van der Waals surface area contributed by atoms with Crippen LogP contribution in [0.2, 0.25) is 0 Å². The first-order valence-corrected chi connectivity index (χ1v) is 7.79. The number of aliphatic hydroxyl groups is 1. The Balaban J connectivity index is 1.98. The minimum atomic E-state index is -0.171. The molecule has 0 aromatic heterocycles. The van der Waals surface area contributed by atoms with Crippen LogP contribution in [0.5, 0.6) is 0 Å². The second-order valence-electron chi connectivity index (χ2n) is 6.39. The van der Waals surface area contributed by atoms with Crippen molar-refractivity contribution < 1.29 is 5.11 Å². The number of β-amino-alcohol motifs (C(OH)–C–C–N with tert-alkyl or cyclic N) is 1. The smallest absolute Gasteiger partial charge is 0.0715 e. The third kappa shape index (κ3) is 4.22. The van der Waals surface area contributed by atoms with Crippen molar-refractivity contribution in [3.63, 3.8) is 0 Å². The Bertz CT molecular complexity index is 431. The molecule has 0 aliphatic carbocycles. The van der Waals surface area contributed by atoms with Gasteiger partial charge in [-0.3, -0.25) is 0 Å². The lowest BCUT2D eigenvalue weighted by molar-refractivity contribution is 0.154. The molecule has 1 unspecified atom stereocenters. The van der Waals surface area contributed by atoms with Gasteiger partial charge in [0.05, 0.1) is 6.10 Å². The molecule has 0 saturated carbocycles. The minimum Gasteiger partial charge on any atom is -0.391 e. The molecule has 1 aromatic carbocycles. The maximum atomic E-state index is 9.80. The van der Waals surface area contributed by atoms with Crippen LogP contribution in [0.25, 0.3) is 0 Å². The van der Waals surface area contributed by atoms with Gasteiger partial charge in [-0.15, -0.1) is 0 Å². The van der Waals surface area contributed by atoms with E-state index < -0.39 is 0 Å². The van der Waals surface area contributed by atoms with E-state index in [2.05, 4.69) is 49.2 Å². The summed E-state index contributed by atoms with van der Waals surface area (Å²) in [5, 5.41) is 13.3. The second kappa shape index (κ2) is 7.09. The van der Waals surface area contributed by atoms with Crippen molar-refractivity contribution in [2.75, 3.05) is 24.5 Å². The lowest BCUT2D eigenvalue weighted by Gasteiger charge is -2.33. The second-order valence-corrected chi connectivity index (χ2v) is 6.39. The van der Waals surface area contributed by atoms with Gasteiger partial charge in [0, 0.05) is 25.3 Å². The summed E-state index contributed by atoms with van der Waals surface area (Å²) in [7, 11) is 0. The molecule has 2 N–H and O–H groups in total. The average molecular weight is 276 g/mol. The fraction of sp³-hybridized carbons (Fsp3) is 0.647. The summed E-state index contributed by atoms with van der Waals surface area (Å²) in [4.78, 5) is 2.31. The summed E-state index contributed by atoms with van der Waals surface area (Å²) < 4.78 is 0. The third-order valence-corrected chi connectivity index (χ3v) is 3.88. The van der Waals surface area contributed by atoms with Crippen LogP contribution in [-0.2, 0) is 6.54 Å². The Morgan fingerprint density at radius 1 is 1.40 bits per heavy atom. The normalized spacial score (nSPS) is 19.6. The number of anilines is 1. The molecule has 0 spiro atoms. The van der Waals surface area contributed by atoms with Crippen LogP contribution in [0, 0.1) is 12.8 Å². The number of hydrogen-bond donors (Lipinski definition) is 2. The summed E-state index contributed by atoms with van der Waals surface area (Å²) in [6.45, 7) is 10.4. The topological polar surface area (TPSA) is 35.5 Å². The zero-order valence-corrected chi connectivity index (χ0v) is 13.0. The van der Waals surface area contributed by atoms with Crippen molar-refractivity contribution in [3.8, 4) is 0 Å². The zero-order chi connectivity index (χ0) is 14.5. The van der Waals surface area contributed by atoms with Crippen LogP contribution >= 0.6 is 0 Å². The lowest BCUT2D eigenvalue weighted by atomic mass is 10.0. The highest BCUT2D eigenvalue weighted by Gasteiger charge is 2.19. The van der Waals surface area contributed by atoms with E-state index in [-0.39, 0.29) is 6.10 Å². The Labute approximate surface area is 123 Å². The van der Waals surface area contributed by atoms with Crippen LogP contribution in [0.3, 0.4) is 0 Å². The van der Waals surface area contributed by atoms with E-state index in [4.69, 9.17) is 0 Å². The summed E-state index contributed by atoms with van der Waals surface area (Å²) in [5.74, 6) is 0.685. The van der Waals surface area contributed by atoms with Crippen molar-refractivity contribution >= 4 is 5.69 Å². The fourth-order valence-electron chi connectivity index (χ4n) is 2.86. The molecule has 1 heterocycles. The SMILES string of the molecule is Cc1cc(CNCC(C)C)ccc1N1CCCC(O)C1. The van der Waals surface area contributed by atoms with Crippen molar-refractivity contribution in [2.24, 2.45) is 5.92 Å². The number of nitrogens with one attached hydrogen (secondary N) is 1. The third-order valence-electron chi connectivity index (χ3n) is 3.88. The first kappa shape index (κ1) is 15.3. The van der Waals surface area contributed by atoms with Crippen LogP contribution in [-0.4, -0.2) is 30.8 Å². The quantitative estimate of drug-likeness (QED) is 0.868. The molecule has 1 atom stereocenters. The molecule has 1 aliphatic heterocycles. The van der Waals surface area contributed by atoms with E-state index in [0.29, 0.717) is 5.92 Å². The lowest BCUT2D eigenvalue weighted by Crippen LogP contribution is -2.38.